The Balaban J connectivity index is 1.89. The fourth-order valence-corrected chi connectivity index (χ4v) is 3.73. The van der Waals surface area contributed by atoms with Gasteiger partial charge in [0.15, 0.2) is 0 Å². The minimum atomic E-state index is -3.36. The first-order chi connectivity index (χ1) is 8.97. The monoisotopic (exact) mass is 286 g/mol. The standard InChI is InChI=1S/C12H22N4O2S/c1-11-3-6-16(7-4-11)19(17,18)14-12(2)9-15-8-5-13-10-15/h5,8,10-12,14H,3-4,6-7,9H2,1-2H3/t12-/m1/s1. The van der Waals surface area contributed by atoms with Crippen molar-refractivity contribution in [3.8, 4) is 0 Å². The minimum absolute atomic E-state index is 0.154. The molecule has 0 bridgehead atoms. The Bertz CT molecular complexity index is 478. The maximum absolute atomic E-state index is 12.2. The Hall–Kier alpha value is -0.920. The highest BCUT2D eigenvalue weighted by molar-refractivity contribution is 7.87. The lowest BCUT2D eigenvalue weighted by Gasteiger charge is -2.30. The Kier molecular flexibility index (Phi) is 4.59. The molecule has 1 atom stereocenters. The molecule has 2 heterocycles. The Morgan fingerprint density at radius 1 is 1.42 bits per heavy atom. The Labute approximate surface area is 115 Å². The highest BCUT2D eigenvalue weighted by atomic mass is 32.2. The van der Waals surface area contributed by atoms with Gasteiger partial charge >= 0.3 is 0 Å². The zero-order chi connectivity index (χ0) is 13.9. The molecule has 1 aliphatic rings. The zero-order valence-electron chi connectivity index (χ0n) is 11.5. The maximum atomic E-state index is 12.2. The lowest BCUT2D eigenvalue weighted by molar-refractivity contribution is 0.283. The molecule has 1 fully saturated rings. The van der Waals surface area contributed by atoms with Gasteiger partial charge in [0.2, 0.25) is 0 Å². The number of hydrogen-bond acceptors (Lipinski definition) is 3. The second-order valence-electron chi connectivity index (χ2n) is 5.36. The quantitative estimate of drug-likeness (QED) is 0.872. The molecule has 19 heavy (non-hydrogen) atoms. The van der Waals surface area contributed by atoms with Crippen LogP contribution in [0.2, 0.25) is 0 Å². The lowest BCUT2D eigenvalue weighted by atomic mass is 10.0. The normalized spacial score (nSPS) is 20.5. The van der Waals surface area contributed by atoms with Crippen LogP contribution in [0.3, 0.4) is 0 Å². The number of piperidine rings is 1. The Morgan fingerprint density at radius 3 is 2.68 bits per heavy atom. The van der Waals surface area contributed by atoms with E-state index in [2.05, 4.69) is 16.6 Å². The summed E-state index contributed by atoms with van der Waals surface area (Å²) in [6.07, 6.45) is 7.08. The van der Waals surface area contributed by atoms with Crippen LogP contribution >= 0.6 is 0 Å². The van der Waals surface area contributed by atoms with Crippen LogP contribution in [0.25, 0.3) is 0 Å². The van der Waals surface area contributed by atoms with E-state index in [0.29, 0.717) is 25.6 Å². The summed E-state index contributed by atoms with van der Waals surface area (Å²) >= 11 is 0. The number of rotatable bonds is 5. The van der Waals surface area contributed by atoms with Crippen molar-refractivity contribution >= 4 is 10.2 Å². The van der Waals surface area contributed by atoms with E-state index in [4.69, 9.17) is 0 Å². The first kappa shape index (κ1) is 14.5. The van der Waals surface area contributed by atoms with E-state index in [-0.39, 0.29) is 6.04 Å². The van der Waals surface area contributed by atoms with Crippen LogP contribution in [0.1, 0.15) is 26.7 Å². The zero-order valence-corrected chi connectivity index (χ0v) is 12.3. The third-order valence-corrected chi connectivity index (χ3v) is 5.22. The first-order valence-electron chi connectivity index (χ1n) is 6.70. The van der Waals surface area contributed by atoms with Crippen molar-refractivity contribution < 1.29 is 8.42 Å². The van der Waals surface area contributed by atoms with Crippen molar-refractivity contribution in [3.05, 3.63) is 18.7 Å². The number of nitrogens with one attached hydrogen (secondary N) is 1. The van der Waals surface area contributed by atoms with Crippen molar-refractivity contribution in [2.24, 2.45) is 5.92 Å². The van der Waals surface area contributed by atoms with E-state index in [1.54, 1.807) is 16.8 Å². The molecule has 0 unspecified atom stereocenters. The fraction of sp³-hybridized carbons (Fsp3) is 0.750. The molecule has 0 aliphatic carbocycles. The topological polar surface area (TPSA) is 67.2 Å². The van der Waals surface area contributed by atoms with Gasteiger partial charge in [-0.05, 0) is 25.7 Å². The molecule has 1 aromatic heterocycles. The predicted molar refractivity (Wildman–Crippen MR) is 73.7 cm³/mol. The molecule has 108 valence electrons. The summed E-state index contributed by atoms with van der Waals surface area (Å²) in [6, 6.07) is -0.154. The average molecular weight is 286 g/mol. The van der Waals surface area contributed by atoms with E-state index >= 15 is 0 Å². The Morgan fingerprint density at radius 2 is 2.11 bits per heavy atom. The number of aromatic nitrogens is 2. The molecular weight excluding hydrogens is 264 g/mol. The largest absolute Gasteiger partial charge is 0.336 e. The van der Waals surface area contributed by atoms with Crippen LogP contribution < -0.4 is 4.72 Å². The first-order valence-corrected chi connectivity index (χ1v) is 8.14. The van der Waals surface area contributed by atoms with Gasteiger partial charge in [0.1, 0.15) is 0 Å². The number of imidazole rings is 1. The van der Waals surface area contributed by atoms with Crippen LogP contribution in [-0.2, 0) is 16.8 Å². The predicted octanol–water partition coefficient (Wildman–Crippen LogP) is 0.838. The molecule has 1 saturated heterocycles. The van der Waals surface area contributed by atoms with Gasteiger partial charge in [-0.25, -0.2) is 4.98 Å². The average Bonchev–Trinajstić information content (AvgIpc) is 2.81. The van der Waals surface area contributed by atoms with Gasteiger partial charge in [0, 0.05) is 38.1 Å². The van der Waals surface area contributed by atoms with Crippen molar-refractivity contribution in [2.45, 2.75) is 39.3 Å². The highest BCUT2D eigenvalue weighted by Crippen LogP contribution is 2.18. The van der Waals surface area contributed by atoms with Gasteiger partial charge in [-0.15, -0.1) is 0 Å². The summed E-state index contributed by atoms with van der Waals surface area (Å²) in [5.41, 5.74) is 0. The molecule has 1 aromatic rings. The van der Waals surface area contributed by atoms with Crippen LogP contribution in [0, 0.1) is 5.92 Å². The van der Waals surface area contributed by atoms with Crippen molar-refractivity contribution in [1.29, 1.82) is 0 Å². The molecule has 0 saturated carbocycles. The van der Waals surface area contributed by atoms with Crippen molar-refractivity contribution in [1.82, 2.24) is 18.6 Å². The summed E-state index contributed by atoms with van der Waals surface area (Å²) in [5.74, 6) is 0.620. The van der Waals surface area contributed by atoms with Crippen LogP contribution in [-0.4, -0.2) is 41.4 Å². The van der Waals surface area contributed by atoms with Crippen LogP contribution in [0.5, 0.6) is 0 Å². The van der Waals surface area contributed by atoms with Gasteiger partial charge in [0.05, 0.1) is 6.33 Å². The van der Waals surface area contributed by atoms with Gasteiger partial charge < -0.3 is 4.57 Å². The number of nitrogens with zero attached hydrogens (tertiary/aromatic N) is 3. The molecule has 1 aliphatic heterocycles. The van der Waals surface area contributed by atoms with Crippen LogP contribution in [0.4, 0.5) is 0 Å². The van der Waals surface area contributed by atoms with E-state index in [1.807, 2.05) is 17.7 Å². The van der Waals surface area contributed by atoms with E-state index in [9.17, 15) is 8.42 Å². The van der Waals surface area contributed by atoms with Gasteiger partial charge in [-0.3, -0.25) is 0 Å². The lowest BCUT2D eigenvalue weighted by Crippen LogP contribution is -2.48. The number of hydrogen-bond donors (Lipinski definition) is 1. The molecule has 6 nitrogen and oxygen atoms in total. The molecule has 0 spiro atoms. The SMILES string of the molecule is CC1CCN(S(=O)(=O)N[C@H](C)Cn2ccnc2)CC1. The second-order valence-corrected chi connectivity index (χ2v) is 7.07. The molecule has 0 aromatic carbocycles. The fourth-order valence-electron chi connectivity index (χ4n) is 2.30. The third kappa shape index (κ3) is 4.02. The molecular formula is C12H22N4O2S. The minimum Gasteiger partial charge on any atom is -0.336 e. The second kappa shape index (κ2) is 6.02. The summed E-state index contributed by atoms with van der Waals surface area (Å²) in [4.78, 5) is 3.95. The third-order valence-electron chi connectivity index (χ3n) is 3.48. The summed E-state index contributed by atoms with van der Waals surface area (Å²) in [5, 5.41) is 0. The van der Waals surface area contributed by atoms with Gasteiger partial charge in [0.25, 0.3) is 10.2 Å². The van der Waals surface area contributed by atoms with E-state index < -0.39 is 10.2 Å². The molecule has 2 rings (SSSR count). The molecule has 0 radical (unpaired) electrons. The van der Waals surface area contributed by atoms with E-state index in [0.717, 1.165) is 12.8 Å². The molecule has 1 N–H and O–H groups in total. The molecule has 0 amide bonds. The van der Waals surface area contributed by atoms with Gasteiger partial charge in [-0.1, -0.05) is 6.92 Å². The van der Waals surface area contributed by atoms with Gasteiger partial charge in [-0.2, -0.15) is 17.4 Å². The van der Waals surface area contributed by atoms with Crippen molar-refractivity contribution in [3.63, 3.8) is 0 Å². The van der Waals surface area contributed by atoms with Crippen LogP contribution in [0.15, 0.2) is 18.7 Å². The summed E-state index contributed by atoms with van der Waals surface area (Å²) in [6.45, 7) is 5.86. The highest BCUT2D eigenvalue weighted by Gasteiger charge is 2.27. The molecule has 7 heteroatoms. The summed E-state index contributed by atoms with van der Waals surface area (Å²) in [7, 11) is -3.36. The smallest absolute Gasteiger partial charge is 0.279 e. The summed E-state index contributed by atoms with van der Waals surface area (Å²) < 4.78 is 30.6. The maximum Gasteiger partial charge on any atom is 0.279 e. The van der Waals surface area contributed by atoms with Crippen molar-refractivity contribution in [2.75, 3.05) is 13.1 Å². The van der Waals surface area contributed by atoms with E-state index in [1.165, 1.54) is 0 Å².